The van der Waals surface area contributed by atoms with Crippen molar-refractivity contribution in [3.05, 3.63) is 60.2 Å². The summed E-state index contributed by atoms with van der Waals surface area (Å²) in [5.74, 6) is -0.645. The molecule has 0 aliphatic rings. The molecule has 0 aliphatic carbocycles. The lowest BCUT2D eigenvalue weighted by Crippen LogP contribution is -2.11. The zero-order chi connectivity index (χ0) is 19.2. The van der Waals surface area contributed by atoms with Gasteiger partial charge in [0.1, 0.15) is 23.1 Å². The highest BCUT2D eigenvalue weighted by Crippen LogP contribution is 2.40. The average molecular weight is 390 g/mol. The number of nitrogens with one attached hydrogen (secondary N) is 1. The van der Waals surface area contributed by atoms with Crippen LogP contribution in [0.2, 0.25) is 0 Å². The second kappa shape index (κ2) is 8.70. The monoisotopic (exact) mass is 390 g/mol. The van der Waals surface area contributed by atoms with Crippen LogP contribution in [0.4, 0.5) is 13.9 Å². The molecule has 0 bridgehead atoms. The highest BCUT2D eigenvalue weighted by atomic mass is 32.1. The van der Waals surface area contributed by atoms with Crippen LogP contribution in [0.15, 0.2) is 48.5 Å². The highest BCUT2D eigenvalue weighted by molar-refractivity contribution is 7.18. The number of nitrogens with zero attached hydrogens (tertiary/aromatic N) is 1. The number of carbonyl (C=O) groups excluding carboxylic acids is 1. The molecule has 0 radical (unpaired) electrons. The number of aliphatic hydroxyl groups is 1. The van der Waals surface area contributed by atoms with Crippen molar-refractivity contribution in [2.45, 2.75) is 12.8 Å². The molecule has 0 atom stereocenters. The van der Waals surface area contributed by atoms with Crippen LogP contribution in [-0.4, -0.2) is 22.6 Å². The first kappa shape index (κ1) is 18.9. The second-order valence-electron chi connectivity index (χ2n) is 5.59. The Morgan fingerprint density at radius 3 is 2.33 bits per heavy atom. The molecule has 140 valence electrons. The topological polar surface area (TPSA) is 71.5 Å². The van der Waals surface area contributed by atoms with E-state index in [-0.39, 0.29) is 30.6 Å². The van der Waals surface area contributed by atoms with Crippen molar-refractivity contribution in [1.29, 1.82) is 0 Å². The normalized spacial score (nSPS) is 10.6. The van der Waals surface area contributed by atoms with Gasteiger partial charge in [0, 0.05) is 18.6 Å². The van der Waals surface area contributed by atoms with Gasteiger partial charge < -0.3 is 15.2 Å². The molecule has 2 aromatic carbocycles. The molecule has 0 saturated carbocycles. The molecular formula is C19H16F2N2O3S. The van der Waals surface area contributed by atoms with E-state index in [4.69, 9.17) is 9.84 Å². The summed E-state index contributed by atoms with van der Waals surface area (Å²) in [6.45, 7) is -0.0783. The largest absolute Gasteiger partial charge is 0.444 e. The van der Waals surface area contributed by atoms with Gasteiger partial charge in [-0.05, 0) is 55.0 Å². The predicted octanol–water partition coefficient (Wildman–Crippen LogP) is 4.59. The number of aliphatic hydroxyl groups excluding tert-OH is 1. The van der Waals surface area contributed by atoms with Gasteiger partial charge in [-0.1, -0.05) is 11.3 Å². The Morgan fingerprint density at radius 1 is 1.07 bits per heavy atom. The molecule has 2 N–H and O–H groups in total. The van der Waals surface area contributed by atoms with E-state index in [2.05, 4.69) is 10.3 Å². The number of aromatic nitrogens is 1. The number of hydrogen-bond donors (Lipinski definition) is 2. The fraction of sp³-hybridized carbons (Fsp3) is 0.158. The number of amides is 1. The second-order valence-corrected chi connectivity index (χ2v) is 6.55. The van der Waals surface area contributed by atoms with Crippen molar-refractivity contribution in [2.75, 3.05) is 11.9 Å². The molecule has 1 aromatic heterocycles. The maximum Gasteiger partial charge on any atom is 0.226 e. The molecule has 8 heteroatoms. The number of rotatable bonds is 7. The van der Waals surface area contributed by atoms with Gasteiger partial charge in [-0.2, -0.15) is 0 Å². The number of thiazole rings is 1. The number of halogens is 2. The molecule has 3 rings (SSSR count). The quantitative estimate of drug-likeness (QED) is 0.619. The zero-order valence-electron chi connectivity index (χ0n) is 14.1. The molecule has 0 unspecified atom stereocenters. The summed E-state index contributed by atoms with van der Waals surface area (Å²) in [7, 11) is 0. The fourth-order valence-electron chi connectivity index (χ4n) is 2.25. The first-order chi connectivity index (χ1) is 13.0. The predicted molar refractivity (Wildman–Crippen MR) is 98.9 cm³/mol. The number of benzene rings is 2. The Hall–Kier alpha value is -2.84. The summed E-state index contributed by atoms with van der Waals surface area (Å²) in [5, 5.41) is 12.2. The van der Waals surface area contributed by atoms with Crippen molar-refractivity contribution in [1.82, 2.24) is 4.98 Å². The summed E-state index contributed by atoms with van der Waals surface area (Å²) in [6, 6.07) is 11.2. The van der Waals surface area contributed by atoms with Gasteiger partial charge in [0.2, 0.25) is 11.0 Å². The van der Waals surface area contributed by atoms with Gasteiger partial charge in [-0.25, -0.2) is 13.8 Å². The Bertz CT molecular complexity index is 912. The van der Waals surface area contributed by atoms with Crippen molar-refractivity contribution in [3.8, 4) is 22.1 Å². The van der Waals surface area contributed by atoms with Crippen LogP contribution in [0.3, 0.4) is 0 Å². The van der Waals surface area contributed by atoms with E-state index < -0.39 is 0 Å². The molecule has 3 aromatic rings. The van der Waals surface area contributed by atoms with Gasteiger partial charge in [0.05, 0.1) is 0 Å². The van der Waals surface area contributed by atoms with E-state index >= 15 is 0 Å². The fourth-order valence-corrected chi connectivity index (χ4v) is 3.13. The Balaban J connectivity index is 1.89. The van der Waals surface area contributed by atoms with E-state index in [1.165, 1.54) is 36.4 Å². The van der Waals surface area contributed by atoms with Crippen LogP contribution in [0.5, 0.6) is 10.8 Å². The summed E-state index contributed by atoms with van der Waals surface area (Å²) in [6.07, 6.45) is 0.511. The van der Waals surface area contributed by atoms with Crippen LogP contribution in [0.25, 0.3) is 11.3 Å². The first-order valence-corrected chi connectivity index (χ1v) is 8.97. The summed E-state index contributed by atoms with van der Waals surface area (Å²) in [4.78, 5) is 16.3. The van der Waals surface area contributed by atoms with Crippen LogP contribution in [0.1, 0.15) is 12.8 Å². The third-order valence-electron chi connectivity index (χ3n) is 3.55. The lowest BCUT2D eigenvalue weighted by Gasteiger charge is -2.05. The summed E-state index contributed by atoms with van der Waals surface area (Å²) < 4.78 is 32.1. The maximum atomic E-state index is 13.2. The van der Waals surface area contributed by atoms with E-state index in [0.29, 0.717) is 33.6 Å². The molecule has 27 heavy (non-hydrogen) atoms. The Kier molecular flexibility index (Phi) is 6.10. The van der Waals surface area contributed by atoms with Gasteiger partial charge in [-0.15, -0.1) is 0 Å². The number of hydrogen-bond acceptors (Lipinski definition) is 5. The summed E-state index contributed by atoms with van der Waals surface area (Å²) >= 11 is 1.10. The van der Waals surface area contributed by atoms with E-state index in [0.717, 1.165) is 11.3 Å². The minimum absolute atomic E-state index is 0.0783. The van der Waals surface area contributed by atoms with Crippen LogP contribution < -0.4 is 10.1 Å². The minimum Gasteiger partial charge on any atom is -0.444 e. The standard InChI is InChI=1S/C19H16F2N2O3S/c20-13-5-3-12(4-6-13)17-18(26-15-9-7-14(21)8-10-15)27-19(23-17)22-16(25)2-1-11-24/h3-10,24H,1-2,11H2,(H,22,23,25). The van der Waals surface area contributed by atoms with Crippen LogP contribution >= 0.6 is 11.3 Å². The smallest absolute Gasteiger partial charge is 0.226 e. The van der Waals surface area contributed by atoms with E-state index in [1.807, 2.05) is 0 Å². The van der Waals surface area contributed by atoms with Gasteiger partial charge in [-0.3, -0.25) is 4.79 Å². The van der Waals surface area contributed by atoms with Crippen LogP contribution in [0, 0.1) is 11.6 Å². The minimum atomic E-state index is -0.387. The van der Waals surface area contributed by atoms with Crippen molar-refractivity contribution in [3.63, 3.8) is 0 Å². The molecule has 0 aliphatic heterocycles. The van der Waals surface area contributed by atoms with Crippen molar-refractivity contribution >= 4 is 22.4 Å². The van der Waals surface area contributed by atoms with E-state index in [9.17, 15) is 13.6 Å². The molecule has 0 fully saturated rings. The van der Waals surface area contributed by atoms with Gasteiger partial charge in [0.25, 0.3) is 0 Å². The van der Waals surface area contributed by atoms with Gasteiger partial charge in [0.15, 0.2) is 5.13 Å². The van der Waals surface area contributed by atoms with E-state index in [1.54, 1.807) is 12.1 Å². The maximum absolute atomic E-state index is 13.2. The zero-order valence-corrected chi connectivity index (χ0v) is 14.9. The molecule has 1 amide bonds. The lowest BCUT2D eigenvalue weighted by molar-refractivity contribution is -0.116. The summed E-state index contributed by atoms with van der Waals surface area (Å²) in [5.41, 5.74) is 1.04. The third kappa shape index (κ3) is 5.08. The molecule has 0 saturated heterocycles. The Labute approximate surface area is 158 Å². The van der Waals surface area contributed by atoms with Crippen LogP contribution in [-0.2, 0) is 4.79 Å². The van der Waals surface area contributed by atoms with Crippen molar-refractivity contribution < 1.29 is 23.4 Å². The average Bonchev–Trinajstić information content (AvgIpc) is 3.04. The first-order valence-electron chi connectivity index (χ1n) is 8.16. The number of ether oxygens (including phenoxy) is 1. The number of anilines is 1. The molecule has 0 spiro atoms. The van der Waals surface area contributed by atoms with Gasteiger partial charge >= 0.3 is 0 Å². The molecule has 5 nitrogen and oxygen atoms in total. The third-order valence-corrected chi connectivity index (χ3v) is 4.39. The molecule has 1 heterocycles. The SMILES string of the molecule is O=C(CCCO)Nc1nc(-c2ccc(F)cc2)c(Oc2ccc(F)cc2)s1. The Morgan fingerprint density at radius 2 is 1.70 bits per heavy atom. The highest BCUT2D eigenvalue weighted by Gasteiger charge is 2.17. The van der Waals surface area contributed by atoms with Crippen molar-refractivity contribution in [2.24, 2.45) is 0 Å². The lowest BCUT2D eigenvalue weighted by atomic mass is 10.2. The molecular weight excluding hydrogens is 374 g/mol. The number of carbonyl (C=O) groups is 1.